The minimum absolute atomic E-state index is 0.279. The van der Waals surface area contributed by atoms with Crippen LogP contribution in [-0.4, -0.2) is 38.4 Å². The minimum atomic E-state index is -0.279. The molecule has 2 aromatic carbocycles. The van der Waals surface area contributed by atoms with E-state index in [0.717, 1.165) is 29.4 Å². The second-order valence-corrected chi connectivity index (χ2v) is 7.04. The largest absolute Gasteiger partial charge is 0.493 e. The SMILES string of the molecule is COc1cc(/C=N/NC(=O)c2cc(C3CC3)nc3ccccc23)cc(OC)c1OC. The summed E-state index contributed by atoms with van der Waals surface area (Å²) in [5.74, 6) is 1.69. The van der Waals surface area contributed by atoms with Crippen LogP contribution in [0.5, 0.6) is 17.2 Å². The van der Waals surface area contributed by atoms with E-state index >= 15 is 0 Å². The number of hydrogen-bond acceptors (Lipinski definition) is 6. The van der Waals surface area contributed by atoms with Crippen LogP contribution in [0.2, 0.25) is 0 Å². The number of carbonyl (C=O) groups excluding carboxylic acids is 1. The van der Waals surface area contributed by atoms with Gasteiger partial charge in [-0.2, -0.15) is 5.10 Å². The maximum Gasteiger partial charge on any atom is 0.272 e. The average Bonchev–Trinajstić information content (AvgIpc) is 3.63. The normalized spacial score (nSPS) is 13.4. The smallest absolute Gasteiger partial charge is 0.272 e. The highest BCUT2D eigenvalue weighted by molar-refractivity contribution is 6.06. The van der Waals surface area contributed by atoms with E-state index in [1.807, 2.05) is 30.3 Å². The van der Waals surface area contributed by atoms with E-state index < -0.39 is 0 Å². The zero-order valence-electron chi connectivity index (χ0n) is 17.1. The number of carbonyl (C=O) groups is 1. The van der Waals surface area contributed by atoms with Crippen molar-refractivity contribution in [3.8, 4) is 17.2 Å². The maximum absolute atomic E-state index is 12.9. The summed E-state index contributed by atoms with van der Waals surface area (Å²) >= 11 is 0. The summed E-state index contributed by atoms with van der Waals surface area (Å²) in [5, 5.41) is 4.93. The number of amides is 1. The Hall–Kier alpha value is -3.61. The number of ether oxygens (including phenoxy) is 3. The summed E-state index contributed by atoms with van der Waals surface area (Å²) in [7, 11) is 4.64. The van der Waals surface area contributed by atoms with Gasteiger partial charge in [0.15, 0.2) is 11.5 Å². The standard InChI is InChI=1S/C23H23N3O4/c1-28-20-10-14(11-21(29-2)22(20)30-3)13-24-26-23(27)17-12-19(15-8-9-15)25-18-7-5-4-6-16(17)18/h4-7,10-13,15H,8-9H2,1-3H3,(H,26,27)/b24-13+. The van der Waals surface area contributed by atoms with Gasteiger partial charge in [-0.25, -0.2) is 5.43 Å². The quantitative estimate of drug-likeness (QED) is 0.476. The molecule has 30 heavy (non-hydrogen) atoms. The van der Waals surface area contributed by atoms with Gasteiger partial charge >= 0.3 is 0 Å². The molecule has 1 aromatic heterocycles. The molecule has 0 bridgehead atoms. The van der Waals surface area contributed by atoms with Gasteiger partial charge in [-0.05, 0) is 37.1 Å². The summed E-state index contributed by atoms with van der Waals surface area (Å²) in [4.78, 5) is 17.6. The zero-order valence-corrected chi connectivity index (χ0v) is 17.1. The number of benzene rings is 2. The summed E-state index contributed by atoms with van der Waals surface area (Å²) in [6, 6.07) is 13.0. The van der Waals surface area contributed by atoms with Crippen molar-refractivity contribution in [2.24, 2.45) is 5.10 Å². The molecule has 7 heteroatoms. The Morgan fingerprint density at radius 3 is 2.40 bits per heavy atom. The number of fused-ring (bicyclic) bond motifs is 1. The average molecular weight is 405 g/mol. The van der Waals surface area contributed by atoms with Gasteiger partial charge in [-0.15, -0.1) is 0 Å². The molecule has 4 rings (SSSR count). The van der Waals surface area contributed by atoms with Crippen LogP contribution in [0.15, 0.2) is 47.6 Å². The van der Waals surface area contributed by atoms with Crippen molar-refractivity contribution >= 4 is 23.0 Å². The van der Waals surface area contributed by atoms with Crippen LogP contribution in [0, 0.1) is 0 Å². The van der Waals surface area contributed by atoms with E-state index in [4.69, 9.17) is 19.2 Å². The number of rotatable bonds is 7. The minimum Gasteiger partial charge on any atom is -0.493 e. The third kappa shape index (κ3) is 3.91. The number of hydrogen-bond donors (Lipinski definition) is 1. The maximum atomic E-state index is 12.9. The first-order valence-corrected chi connectivity index (χ1v) is 9.67. The fourth-order valence-electron chi connectivity index (χ4n) is 3.37. The number of nitrogens with one attached hydrogen (secondary N) is 1. The van der Waals surface area contributed by atoms with Gasteiger partial charge in [-0.3, -0.25) is 9.78 Å². The molecule has 1 amide bonds. The highest BCUT2D eigenvalue weighted by Gasteiger charge is 2.26. The zero-order chi connectivity index (χ0) is 21.1. The highest BCUT2D eigenvalue weighted by atomic mass is 16.5. The molecule has 7 nitrogen and oxygen atoms in total. The van der Waals surface area contributed by atoms with Gasteiger partial charge in [0.2, 0.25) is 5.75 Å². The van der Waals surface area contributed by atoms with Gasteiger partial charge in [0, 0.05) is 22.6 Å². The Balaban J connectivity index is 1.59. The number of methoxy groups -OCH3 is 3. The Bertz CT molecular complexity index is 1100. The lowest BCUT2D eigenvalue weighted by molar-refractivity contribution is 0.0956. The summed E-state index contributed by atoms with van der Waals surface area (Å²) in [6.45, 7) is 0. The topological polar surface area (TPSA) is 82.0 Å². The van der Waals surface area contributed by atoms with Crippen molar-refractivity contribution < 1.29 is 19.0 Å². The molecule has 3 aromatic rings. The lowest BCUT2D eigenvalue weighted by Crippen LogP contribution is -2.18. The molecular formula is C23H23N3O4. The molecule has 1 heterocycles. The monoisotopic (exact) mass is 405 g/mol. The molecule has 0 aliphatic heterocycles. The third-order valence-electron chi connectivity index (χ3n) is 5.04. The van der Waals surface area contributed by atoms with Crippen LogP contribution in [0.25, 0.3) is 10.9 Å². The summed E-state index contributed by atoms with van der Waals surface area (Å²) < 4.78 is 16.0. The Morgan fingerprint density at radius 2 is 1.77 bits per heavy atom. The van der Waals surface area contributed by atoms with Crippen LogP contribution in [-0.2, 0) is 0 Å². The van der Waals surface area contributed by atoms with Crippen LogP contribution in [0.1, 0.15) is 40.4 Å². The van der Waals surface area contributed by atoms with Crippen molar-refractivity contribution in [1.82, 2.24) is 10.4 Å². The number of hydrazone groups is 1. The number of aromatic nitrogens is 1. The molecule has 154 valence electrons. The second kappa shape index (κ2) is 8.41. The van der Waals surface area contributed by atoms with Crippen molar-refractivity contribution in [3.63, 3.8) is 0 Å². The van der Waals surface area contributed by atoms with Gasteiger partial charge in [0.25, 0.3) is 5.91 Å². The first-order chi connectivity index (χ1) is 14.6. The van der Waals surface area contributed by atoms with Crippen molar-refractivity contribution in [2.75, 3.05) is 21.3 Å². The Labute approximate surface area is 174 Å². The number of para-hydroxylation sites is 1. The molecule has 0 radical (unpaired) electrons. The van der Waals surface area contributed by atoms with Gasteiger partial charge in [0.1, 0.15) is 0 Å². The van der Waals surface area contributed by atoms with Gasteiger partial charge in [0.05, 0.1) is 38.6 Å². The molecule has 0 spiro atoms. The highest BCUT2D eigenvalue weighted by Crippen LogP contribution is 2.40. The molecule has 1 N–H and O–H groups in total. The summed E-state index contributed by atoms with van der Waals surface area (Å²) in [6.07, 6.45) is 3.77. The van der Waals surface area contributed by atoms with Gasteiger partial charge < -0.3 is 14.2 Å². The molecule has 0 unspecified atom stereocenters. The van der Waals surface area contributed by atoms with Crippen molar-refractivity contribution in [2.45, 2.75) is 18.8 Å². The Kier molecular flexibility index (Phi) is 5.52. The van der Waals surface area contributed by atoms with E-state index in [1.165, 1.54) is 6.21 Å². The first-order valence-electron chi connectivity index (χ1n) is 9.67. The predicted molar refractivity (Wildman–Crippen MR) is 115 cm³/mol. The van der Waals surface area contributed by atoms with Crippen LogP contribution in [0.4, 0.5) is 0 Å². The number of nitrogens with zero attached hydrogens (tertiary/aromatic N) is 2. The summed E-state index contributed by atoms with van der Waals surface area (Å²) in [5.41, 5.74) is 5.68. The first kappa shape index (κ1) is 19.7. The molecule has 0 saturated heterocycles. The van der Waals surface area contributed by atoms with E-state index in [0.29, 0.717) is 34.3 Å². The molecule has 1 aliphatic carbocycles. The van der Waals surface area contributed by atoms with Crippen molar-refractivity contribution in [3.05, 3.63) is 59.3 Å². The molecular weight excluding hydrogens is 382 g/mol. The van der Waals surface area contributed by atoms with E-state index in [-0.39, 0.29) is 5.91 Å². The predicted octanol–water partition coefficient (Wildman–Crippen LogP) is 3.90. The van der Waals surface area contributed by atoms with Crippen molar-refractivity contribution in [1.29, 1.82) is 0 Å². The molecule has 1 aliphatic rings. The van der Waals surface area contributed by atoms with Crippen LogP contribution >= 0.6 is 0 Å². The molecule has 1 saturated carbocycles. The van der Waals surface area contributed by atoms with E-state index in [9.17, 15) is 4.79 Å². The number of pyridine rings is 1. The van der Waals surface area contributed by atoms with Crippen LogP contribution < -0.4 is 19.6 Å². The third-order valence-corrected chi connectivity index (χ3v) is 5.04. The lowest BCUT2D eigenvalue weighted by atomic mass is 10.1. The molecule has 1 fully saturated rings. The van der Waals surface area contributed by atoms with Gasteiger partial charge in [-0.1, -0.05) is 18.2 Å². The van der Waals surface area contributed by atoms with E-state index in [1.54, 1.807) is 33.5 Å². The fraction of sp³-hybridized carbons (Fsp3) is 0.261. The fourth-order valence-corrected chi connectivity index (χ4v) is 3.37. The van der Waals surface area contributed by atoms with E-state index in [2.05, 4.69) is 10.5 Å². The Morgan fingerprint density at radius 1 is 1.07 bits per heavy atom. The molecule has 0 atom stereocenters. The lowest BCUT2D eigenvalue weighted by Gasteiger charge is -2.12. The second-order valence-electron chi connectivity index (χ2n) is 7.04. The van der Waals surface area contributed by atoms with Crippen LogP contribution in [0.3, 0.4) is 0 Å².